The first-order valence-electron chi connectivity index (χ1n) is 11.7. The summed E-state index contributed by atoms with van der Waals surface area (Å²) >= 11 is 3.56. The number of imide groups is 1. The number of carboxylic acid groups (broad SMARTS) is 1. The van der Waals surface area contributed by atoms with E-state index in [1.54, 1.807) is 34.8 Å². The Morgan fingerprint density at radius 3 is 2.53 bits per heavy atom. The molecule has 1 aliphatic carbocycles. The van der Waals surface area contributed by atoms with Crippen molar-refractivity contribution in [3.8, 4) is 11.6 Å². The van der Waals surface area contributed by atoms with Gasteiger partial charge in [0.05, 0.1) is 11.6 Å². The van der Waals surface area contributed by atoms with Gasteiger partial charge in [0.15, 0.2) is 6.10 Å². The summed E-state index contributed by atoms with van der Waals surface area (Å²) in [6.45, 7) is 6.91. The van der Waals surface area contributed by atoms with Crippen LogP contribution in [0.15, 0.2) is 16.6 Å². The molecule has 0 bridgehead atoms. The van der Waals surface area contributed by atoms with Gasteiger partial charge in [-0.3, -0.25) is 0 Å². The van der Waals surface area contributed by atoms with Gasteiger partial charge in [0.2, 0.25) is 5.88 Å². The molecule has 0 radical (unpaired) electrons. The number of hydrogen-bond donors (Lipinski definition) is 1. The van der Waals surface area contributed by atoms with E-state index in [4.69, 9.17) is 19.2 Å². The lowest BCUT2D eigenvalue weighted by Gasteiger charge is -2.31. The second kappa shape index (κ2) is 9.00. The van der Waals surface area contributed by atoms with E-state index in [1.165, 1.54) is 5.56 Å². The smallest absolute Gasteiger partial charge is 0.496 e. The number of benzene rings is 1. The van der Waals surface area contributed by atoms with E-state index in [9.17, 15) is 14.7 Å². The third-order valence-electron chi connectivity index (χ3n) is 6.71. The van der Waals surface area contributed by atoms with Crippen LogP contribution in [0.5, 0.6) is 11.6 Å². The number of rotatable bonds is 3. The van der Waals surface area contributed by atoms with Crippen LogP contribution >= 0.6 is 15.9 Å². The molecule has 2 heterocycles. The summed E-state index contributed by atoms with van der Waals surface area (Å²) in [5, 5.41) is 12.0. The molecule has 0 spiro atoms. The maximum absolute atomic E-state index is 13.0. The number of amides is 2. The highest BCUT2D eigenvalue weighted by Gasteiger charge is 2.60. The van der Waals surface area contributed by atoms with Gasteiger partial charge in [0.1, 0.15) is 23.9 Å². The zero-order valence-electron chi connectivity index (χ0n) is 20.3. The molecule has 1 aromatic carbocycles. The molecule has 2 aliphatic rings. The van der Waals surface area contributed by atoms with Crippen LogP contribution in [0.2, 0.25) is 0 Å². The molecule has 1 fully saturated rings. The van der Waals surface area contributed by atoms with Crippen LogP contribution in [0.4, 0.5) is 9.59 Å². The summed E-state index contributed by atoms with van der Waals surface area (Å²) in [6.07, 6.45) is 1.88. The number of likely N-dealkylation sites (tertiary alicyclic amines) is 1. The SMILES string of the molecule is COc1cc2c3c(nc(O[C@@H]4CC(C)[N+](C(=O)O)(C(=O)OC(C)(C)C)C4)c2cc1Br)CCCC3. The van der Waals surface area contributed by atoms with Gasteiger partial charge >= 0.3 is 12.2 Å². The third-order valence-corrected chi connectivity index (χ3v) is 7.33. The summed E-state index contributed by atoms with van der Waals surface area (Å²) in [4.78, 5) is 30.3. The number of carbonyl (C=O) groups is 2. The first-order valence-corrected chi connectivity index (χ1v) is 12.5. The molecule has 9 heteroatoms. The van der Waals surface area contributed by atoms with Crippen molar-refractivity contribution in [3.05, 3.63) is 27.9 Å². The molecule has 2 aromatic rings. The van der Waals surface area contributed by atoms with Crippen LogP contribution in [0.1, 0.15) is 58.2 Å². The van der Waals surface area contributed by atoms with Crippen molar-refractivity contribution in [1.82, 2.24) is 4.98 Å². The normalized spacial score (nSPS) is 24.5. The van der Waals surface area contributed by atoms with Crippen LogP contribution in [0.25, 0.3) is 10.8 Å². The van der Waals surface area contributed by atoms with Gasteiger partial charge in [-0.15, -0.1) is 4.48 Å². The number of pyridine rings is 1. The zero-order chi connectivity index (χ0) is 24.8. The Morgan fingerprint density at radius 1 is 1.18 bits per heavy atom. The van der Waals surface area contributed by atoms with Crippen molar-refractivity contribution in [1.29, 1.82) is 0 Å². The molecule has 2 unspecified atom stereocenters. The predicted molar refractivity (Wildman–Crippen MR) is 131 cm³/mol. The summed E-state index contributed by atoms with van der Waals surface area (Å²) in [7, 11) is 1.64. The van der Waals surface area contributed by atoms with E-state index < -0.39 is 34.4 Å². The number of halogens is 1. The van der Waals surface area contributed by atoms with Crippen LogP contribution < -0.4 is 9.47 Å². The van der Waals surface area contributed by atoms with Crippen molar-refractivity contribution in [2.75, 3.05) is 13.7 Å². The minimum Gasteiger partial charge on any atom is -0.496 e. The van der Waals surface area contributed by atoms with Gasteiger partial charge in [-0.2, -0.15) is 9.59 Å². The molecule has 8 nitrogen and oxygen atoms in total. The fraction of sp³-hybridized carbons (Fsp3) is 0.560. The summed E-state index contributed by atoms with van der Waals surface area (Å²) in [5.74, 6) is 1.20. The molecular formula is C25H32BrN2O6+. The highest BCUT2D eigenvalue weighted by atomic mass is 79.9. The van der Waals surface area contributed by atoms with E-state index in [1.807, 2.05) is 12.1 Å². The van der Waals surface area contributed by atoms with E-state index in [2.05, 4.69) is 15.9 Å². The number of ether oxygens (including phenoxy) is 3. The number of hydrogen-bond acceptors (Lipinski definition) is 6. The molecule has 1 N–H and O–H groups in total. The minimum absolute atomic E-state index is 0.0248. The fourth-order valence-electron chi connectivity index (χ4n) is 5.03. The van der Waals surface area contributed by atoms with E-state index in [-0.39, 0.29) is 6.54 Å². The fourth-order valence-corrected chi connectivity index (χ4v) is 5.54. The highest BCUT2D eigenvalue weighted by molar-refractivity contribution is 9.10. The van der Waals surface area contributed by atoms with Gasteiger partial charge in [-0.25, -0.2) is 4.98 Å². The van der Waals surface area contributed by atoms with Crippen LogP contribution in [0, 0.1) is 0 Å². The summed E-state index contributed by atoms with van der Waals surface area (Å²) in [6, 6.07) is 3.44. The molecule has 1 saturated heterocycles. The topological polar surface area (TPSA) is 95.0 Å². The molecular weight excluding hydrogens is 504 g/mol. The molecule has 3 atom stereocenters. The lowest BCUT2D eigenvalue weighted by atomic mass is 9.91. The minimum atomic E-state index is -1.23. The quantitative estimate of drug-likeness (QED) is 0.492. The molecule has 4 rings (SSSR count). The number of aromatic nitrogens is 1. The standard InChI is InChI=1S/C25H31BrN2O6/c1-14-10-15(13-28(14,23(29)30)24(31)34-25(2,3)4)33-22-18-11-19(26)21(32-5)12-17(18)16-8-6-7-9-20(16)27-22/h11-12,14-15H,6-10,13H2,1-5H3/p+1/t14?,15-,28?/m1/s1. The van der Waals surface area contributed by atoms with Crippen molar-refractivity contribution >= 4 is 38.9 Å². The Labute approximate surface area is 207 Å². The van der Waals surface area contributed by atoms with Crippen molar-refractivity contribution < 1.29 is 33.4 Å². The van der Waals surface area contributed by atoms with Gasteiger partial charge in [0, 0.05) is 17.5 Å². The molecule has 184 valence electrons. The molecule has 1 aliphatic heterocycles. The predicted octanol–water partition coefficient (Wildman–Crippen LogP) is 5.85. The molecule has 2 amide bonds. The first kappa shape index (κ1) is 24.7. The molecule has 34 heavy (non-hydrogen) atoms. The number of aryl methyl sites for hydroxylation is 2. The Bertz CT molecular complexity index is 1140. The third kappa shape index (κ3) is 4.35. The molecule has 1 aromatic heterocycles. The second-order valence-corrected chi connectivity index (χ2v) is 11.1. The van der Waals surface area contributed by atoms with Gasteiger partial charge in [-0.05, 0) is 92.4 Å². The summed E-state index contributed by atoms with van der Waals surface area (Å²) < 4.78 is 17.4. The van der Waals surface area contributed by atoms with E-state index in [0.29, 0.717) is 12.3 Å². The van der Waals surface area contributed by atoms with Gasteiger partial charge < -0.3 is 19.3 Å². The average molecular weight is 536 g/mol. The summed E-state index contributed by atoms with van der Waals surface area (Å²) in [5.41, 5.74) is 1.43. The Kier molecular flexibility index (Phi) is 6.54. The first-order chi connectivity index (χ1) is 16.0. The number of fused-ring (bicyclic) bond motifs is 3. The monoisotopic (exact) mass is 535 g/mol. The number of methoxy groups -OCH3 is 1. The molecule has 0 saturated carbocycles. The lowest BCUT2D eigenvalue weighted by molar-refractivity contribution is -0.797. The van der Waals surface area contributed by atoms with Crippen molar-refractivity contribution in [2.45, 2.75) is 77.5 Å². The highest BCUT2D eigenvalue weighted by Crippen LogP contribution is 2.40. The Hall–Kier alpha value is -2.39. The number of quaternary nitrogens is 1. The Balaban J connectivity index is 1.72. The maximum Gasteiger partial charge on any atom is 0.527 e. The number of nitrogens with zero attached hydrogens (tertiary/aromatic N) is 2. The van der Waals surface area contributed by atoms with Crippen LogP contribution in [-0.2, 0) is 17.6 Å². The largest absolute Gasteiger partial charge is 0.527 e. The van der Waals surface area contributed by atoms with Crippen LogP contribution in [-0.4, -0.2) is 58.2 Å². The number of carbonyl (C=O) groups excluding carboxylic acids is 1. The maximum atomic E-state index is 13.0. The second-order valence-electron chi connectivity index (χ2n) is 10.2. The van der Waals surface area contributed by atoms with Gasteiger partial charge in [0.25, 0.3) is 0 Å². The zero-order valence-corrected chi connectivity index (χ0v) is 21.9. The van der Waals surface area contributed by atoms with Crippen molar-refractivity contribution in [2.24, 2.45) is 0 Å². The van der Waals surface area contributed by atoms with Crippen LogP contribution in [0.3, 0.4) is 0 Å². The average Bonchev–Trinajstić information content (AvgIpc) is 3.09. The lowest BCUT2D eigenvalue weighted by Crippen LogP contribution is -2.60. The van der Waals surface area contributed by atoms with E-state index in [0.717, 1.165) is 52.4 Å². The van der Waals surface area contributed by atoms with Crippen molar-refractivity contribution in [3.63, 3.8) is 0 Å². The van der Waals surface area contributed by atoms with E-state index >= 15 is 0 Å². The van der Waals surface area contributed by atoms with Gasteiger partial charge in [-0.1, -0.05) is 0 Å². The Morgan fingerprint density at radius 2 is 1.88 bits per heavy atom.